The molecule has 3 heteroatoms. The lowest BCUT2D eigenvalue weighted by Crippen LogP contribution is -2.18. The van der Waals surface area contributed by atoms with Crippen LogP contribution in [-0.2, 0) is 11.3 Å². The molecule has 2 unspecified atom stereocenters. The molecule has 132 valence electrons. The van der Waals surface area contributed by atoms with Gasteiger partial charge in [-0.1, -0.05) is 63.2 Å². The molecule has 3 nitrogen and oxygen atoms in total. The Bertz CT molecular complexity index is 721. The zero-order valence-electron chi connectivity index (χ0n) is 15.4. The van der Waals surface area contributed by atoms with Crippen LogP contribution in [0.15, 0.2) is 48.5 Å². The van der Waals surface area contributed by atoms with E-state index in [0.29, 0.717) is 11.8 Å². The summed E-state index contributed by atoms with van der Waals surface area (Å²) in [5, 5.41) is 6.45. The van der Waals surface area contributed by atoms with Gasteiger partial charge in [-0.2, -0.15) is 0 Å². The molecular formula is C22H28N2O. The summed E-state index contributed by atoms with van der Waals surface area (Å²) in [5.41, 5.74) is 4.69. The molecule has 2 aromatic carbocycles. The Kier molecular flexibility index (Phi) is 5.54. The Balaban J connectivity index is 1.62. The number of rotatable bonds is 7. The van der Waals surface area contributed by atoms with E-state index < -0.39 is 0 Å². The molecular weight excluding hydrogens is 308 g/mol. The quantitative estimate of drug-likeness (QED) is 0.772. The molecule has 1 amide bonds. The second-order valence-electron chi connectivity index (χ2n) is 7.20. The van der Waals surface area contributed by atoms with Gasteiger partial charge in [0.15, 0.2) is 0 Å². The number of carbonyl (C=O) groups excluding carboxylic acids is 1. The smallest absolute Gasteiger partial charge is 0.228 e. The highest BCUT2D eigenvalue weighted by Crippen LogP contribution is 2.48. The summed E-state index contributed by atoms with van der Waals surface area (Å²) in [4.78, 5) is 12.6. The van der Waals surface area contributed by atoms with Crippen LogP contribution in [0.4, 0.5) is 5.69 Å². The Morgan fingerprint density at radius 1 is 1.12 bits per heavy atom. The molecule has 0 radical (unpaired) electrons. The Hall–Kier alpha value is -2.13. The van der Waals surface area contributed by atoms with Gasteiger partial charge in [0, 0.05) is 18.2 Å². The number of anilines is 1. The van der Waals surface area contributed by atoms with E-state index in [0.717, 1.165) is 30.8 Å². The van der Waals surface area contributed by atoms with Gasteiger partial charge in [0.25, 0.3) is 0 Å². The van der Waals surface area contributed by atoms with E-state index in [1.54, 1.807) is 0 Å². The van der Waals surface area contributed by atoms with E-state index in [9.17, 15) is 4.79 Å². The fourth-order valence-electron chi connectivity index (χ4n) is 3.26. The highest BCUT2D eigenvalue weighted by molar-refractivity contribution is 5.95. The summed E-state index contributed by atoms with van der Waals surface area (Å²) in [6.45, 7) is 8.18. The van der Waals surface area contributed by atoms with Crippen LogP contribution in [0.1, 0.15) is 55.7 Å². The van der Waals surface area contributed by atoms with Gasteiger partial charge in [0.1, 0.15) is 0 Å². The molecule has 2 aromatic rings. The van der Waals surface area contributed by atoms with Crippen molar-refractivity contribution in [3.05, 3.63) is 65.2 Å². The SMILES string of the molecule is CCNCc1ccccc1NC(=O)C1CC1c1ccc(C(C)C)cc1. The van der Waals surface area contributed by atoms with E-state index in [-0.39, 0.29) is 11.8 Å². The third-order valence-electron chi connectivity index (χ3n) is 5.00. The maximum Gasteiger partial charge on any atom is 0.228 e. The molecule has 1 aliphatic rings. The number of nitrogens with one attached hydrogen (secondary N) is 2. The fourth-order valence-corrected chi connectivity index (χ4v) is 3.26. The van der Waals surface area contributed by atoms with Crippen molar-refractivity contribution in [2.75, 3.05) is 11.9 Å². The highest BCUT2D eigenvalue weighted by Gasteiger charge is 2.43. The fraction of sp³-hybridized carbons (Fsp3) is 0.409. The molecule has 2 N–H and O–H groups in total. The van der Waals surface area contributed by atoms with E-state index in [2.05, 4.69) is 61.7 Å². The first-order valence-corrected chi connectivity index (χ1v) is 9.29. The molecule has 1 fully saturated rings. The third-order valence-corrected chi connectivity index (χ3v) is 5.00. The van der Waals surface area contributed by atoms with Crippen molar-refractivity contribution in [2.24, 2.45) is 5.92 Å². The minimum Gasteiger partial charge on any atom is -0.326 e. The summed E-state index contributed by atoms with van der Waals surface area (Å²) in [6, 6.07) is 16.8. The maximum absolute atomic E-state index is 12.6. The molecule has 25 heavy (non-hydrogen) atoms. The highest BCUT2D eigenvalue weighted by atomic mass is 16.2. The Morgan fingerprint density at radius 3 is 2.52 bits per heavy atom. The first kappa shape index (κ1) is 17.7. The molecule has 2 atom stereocenters. The lowest BCUT2D eigenvalue weighted by atomic mass is 10.00. The third kappa shape index (κ3) is 4.29. The topological polar surface area (TPSA) is 41.1 Å². The van der Waals surface area contributed by atoms with Crippen LogP contribution in [0.3, 0.4) is 0 Å². The van der Waals surface area contributed by atoms with Gasteiger partial charge < -0.3 is 10.6 Å². The average molecular weight is 336 g/mol. The molecule has 0 bridgehead atoms. The number of hydrogen-bond donors (Lipinski definition) is 2. The number of hydrogen-bond acceptors (Lipinski definition) is 2. The molecule has 0 saturated heterocycles. The lowest BCUT2D eigenvalue weighted by molar-refractivity contribution is -0.117. The number of para-hydroxylation sites is 1. The number of amides is 1. The summed E-state index contributed by atoms with van der Waals surface area (Å²) in [7, 11) is 0. The molecule has 1 aliphatic carbocycles. The van der Waals surface area contributed by atoms with Crippen molar-refractivity contribution in [1.82, 2.24) is 5.32 Å². The van der Waals surface area contributed by atoms with E-state index in [4.69, 9.17) is 0 Å². The van der Waals surface area contributed by atoms with Crippen LogP contribution in [-0.4, -0.2) is 12.5 Å². The van der Waals surface area contributed by atoms with Crippen LogP contribution in [0.25, 0.3) is 0 Å². The van der Waals surface area contributed by atoms with Crippen LogP contribution >= 0.6 is 0 Å². The van der Waals surface area contributed by atoms with Crippen LogP contribution in [0.5, 0.6) is 0 Å². The first-order chi connectivity index (χ1) is 12.1. The predicted octanol–water partition coefficient (Wildman–Crippen LogP) is 4.66. The van der Waals surface area contributed by atoms with Gasteiger partial charge in [-0.05, 0) is 47.6 Å². The van der Waals surface area contributed by atoms with Gasteiger partial charge >= 0.3 is 0 Å². The van der Waals surface area contributed by atoms with Gasteiger partial charge in [-0.25, -0.2) is 0 Å². The first-order valence-electron chi connectivity index (χ1n) is 9.29. The lowest BCUT2D eigenvalue weighted by Gasteiger charge is -2.11. The summed E-state index contributed by atoms with van der Waals surface area (Å²) < 4.78 is 0. The van der Waals surface area contributed by atoms with Crippen molar-refractivity contribution < 1.29 is 4.79 Å². The van der Waals surface area contributed by atoms with Crippen molar-refractivity contribution in [1.29, 1.82) is 0 Å². The zero-order valence-corrected chi connectivity index (χ0v) is 15.4. The molecule has 1 saturated carbocycles. The Morgan fingerprint density at radius 2 is 1.84 bits per heavy atom. The van der Waals surface area contributed by atoms with Crippen molar-refractivity contribution in [3.63, 3.8) is 0 Å². The molecule has 0 aliphatic heterocycles. The second kappa shape index (κ2) is 7.83. The van der Waals surface area contributed by atoms with E-state index in [1.807, 2.05) is 18.2 Å². The van der Waals surface area contributed by atoms with E-state index in [1.165, 1.54) is 11.1 Å². The minimum atomic E-state index is 0.0945. The standard InChI is InChI=1S/C22H28N2O/c1-4-23-14-18-7-5-6-8-21(18)24-22(25)20-13-19(20)17-11-9-16(10-12-17)15(2)3/h5-12,15,19-20,23H,4,13-14H2,1-3H3,(H,24,25). The number of carbonyl (C=O) groups is 1. The average Bonchev–Trinajstić information content (AvgIpc) is 3.42. The van der Waals surface area contributed by atoms with E-state index >= 15 is 0 Å². The summed E-state index contributed by atoms with van der Waals surface area (Å²) in [6.07, 6.45) is 0.947. The largest absolute Gasteiger partial charge is 0.326 e. The van der Waals surface area contributed by atoms with Crippen LogP contribution in [0.2, 0.25) is 0 Å². The molecule has 0 aromatic heterocycles. The van der Waals surface area contributed by atoms with Gasteiger partial charge in [0.2, 0.25) is 5.91 Å². The summed E-state index contributed by atoms with van der Waals surface area (Å²) in [5.74, 6) is 1.14. The zero-order chi connectivity index (χ0) is 17.8. The molecule has 0 spiro atoms. The Labute approximate surface area is 150 Å². The second-order valence-corrected chi connectivity index (χ2v) is 7.20. The van der Waals surface area contributed by atoms with Gasteiger partial charge in [-0.3, -0.25) is 4.79 Å². The summed E-state index contributed by atoms with van der Waals surface area (Å²) >= 11 is 0. The van der Waals surface area contributed by atoms with Gasteiger partial charge in [0.05, 0.1) is 0 Å². The van der Waals surface area contributed by atoms with Crippen molar-refractivity contribution >= 4 is 11.6 Å². The predicted molar refractivity (Wildman–Crippen MR) is 104 cm³/mol. The normalized spacial score (nSPS) is 19.0. The molecule has 0 heterocycles. The minimum absolute atomic E-state index is 0.0945. The van der Waals surface area contributed by atoms with Gasteiger partial charge in [-0.15, -0.1) is 0 Å². The van der Waals surface area contributed by atoms with Crippen molar-refractivity contribution in [3.8, 4) is 0 Å². The maximum atomic E-state index is 12.6. The monoisotopic (exact) mass is 336 g/mol. The number of benzene rings is 2. The van der Waals surface area contributed by atoms with Crippen LogP contribution < -0.4 is 10.6 Å². The van der Waals surface area contributed by atoms with Crippen LogP contribution in [0, 0.1) is 5.92 Å². The molecule has 3 rings (SSSR count). The van der Waals surface area contributed by atoms with Crippen molar-refractivity contribution in [2.45, 2.75) is 45.6 Å².